The van der Waals surface area contributed by atoms with E-state index in [-0.39, 0.29) is 0 Å². The fourth-order valence-corrected chi connectivity index (χ4v) is 5.51. The minimum atomic E-state index is -1.77. The van der Waals surface area contributed by atoms with Gasteiger partial charge in [-0.3, -0.25) is 0 Å². The summed E-state index contributed by atoms with van der Waals surface area (Å²) >= 11 is -1.77. The Hall–Kier alpha value is -1.68. The van der Waals surface area contributed by atoms with Gasteiger partial charge >= 0.3 is 148 Å². The summed E-state index contributed by atoms with van der Waals surface area (Å²) in [6.07, 6.45) is 2.77. The van der Waals surface area contributed by atoms with Crippen LogP contribution in [0.25, 0.3) is 22.2 Å². The van der Waals surface area contributed by atoms with E-state index in [9.17, 15) is 0 Å². The van der Waals surface area contributed by atoms with Crippen molar-refractivity contribution in [3.8, 4) is 11.3 Å². The molecule has 0 N–H and O–H groups in total. The van der Waals surface area contributed by atoms with Gasteiger partial charge in [0.1, 0.15) is 0 Å². The number of nitrogens with zero attached hydrogens (tertiary/aromatic N) is 2. The van der Waals surface area contributed by atoms with Gasteiger partial charge in [0, 0.05) is 0 Å². The fraction of sp³-hybridized carbons (Fsp3) is 0.333. The van der Waals surface area contributed by atoms with E-state index in [0.717, 1.165) is 23.0 Å². The van der Waals surface area contributed by atoms with Crippen LogP contribution in [0.3, 0.4) is 0 Å². The maximum atomic E-state index is 4.56. The number of aromatic nitrogens is 2. The Morgan fingerprint density at radius 2 is 1.62 bits per heavy atom. The summed E-state index contributed by atoms with van der Waals surface area (Å²) in [5.74, 6) is 7.92. The Kier molecular flexibility index (Phi) is 4.77. The molecule has 0 aliphatic rings. The maximum absolute atomic E-state index is 4.56. The molecule has 0 radical (unpaired) electrons. The Balaban J connectivity index is 2.03. The van der Waals surface area contributed by atoms with E-state index in [2.05, 4.69) is 83.5 Å². The third-order valence-corrected chi connectivity index (χ3v) is 8.70. The number of rotatable bonds is 4. The monoisotopic (exact) mass is 380 g/mol. The molecule has 0 saturated carbocycles. The number of hydrogen-bond acceptors (Lipinski definition) is 2. The molecule has 2 aromatic carbocycles. The summed E-state index contributed by atoms with van der Waals surface area (Å²) in [7, 11) is 0. The first-order chi connectivity index (χ1) is 11.3. The molecule has 1 aromatic heterocycles. The third-order valence-electron chi connectivity index (χ3n) is 4.37. The SMILES string of the molecule is CC(C)Cc1ccc2c(-c3cc[c]([Ge]([CH3])([CH3])[CH3])cc3)ncnc2c1. The number of benzene rings is 2. The quantitative estimate of drug-likeness (QED) is 0.594. The van der Waals surface area contributed by atoms with E-state index >= 15 is 0 Å². The predicted molar refractivity (Wildman–Crippen MR) is 106 cm³/mol. The predicted octanol–water partition coefficient (Wildman–Crippen LogP) is 5.04. The molecule has 0 fully saturated rings. The van der Waals surface area contributed by atoms with Crippen LogP contribution < -0.4 is 4.40 Å². The molecule has 0 spiro atoms. The molecule has 0 saturated heterocycles. The van der Waals surface area contributed by atoms with E-state index in [1.165, 1.54) is 15.5 Å². The Morgan fingerprint density at radius 1 is 0.917 bits per heavy atom. The standard InChI is InChI=1S/C21H26GeN2/c1-15(2)12-16-6-11-19-20(13-16)23-14-24-21(19)17-7-9-18(10-8-17)22(3,4)5/h6-11,13-15H,12H2,1-5H3. The molecule has 0 bridgehead atoms. The topological polar surface area (TPSA) is 25.8 Å². The summed E-state index contributed by atoms with van der Waals surface area (Å²) < 4.78 is 1.52. The van der Waals surface area contributed by atoms with Crippen molar-refractivity contribution in [2.75, 3.05) is 0 Å². The summed E-state index contributed by atoms with van der Waals surface area (Å²) in [4.78, 5) is 9.05. The van der Waals surface area contributed by atoms with Crippen LogP contribution in [0.15, 0.2) is 48.8 Å². The molecule has 2 nitrogen and oxygen atoms in total. The van der Waals surface area contributed by atoms with Crippen LogP contribution in [0.1, 0.15) is 19.4 Å². The van der Waals surface area contributed by atoms with Crippen molar-refractivity contribution in [2.45, 2.75) is 37.5 Å². The van der Waals surface area contributed by atoms with Gasteiger partial charge in [-0.2, -0.15) is 0 Å². The van der Waals surface area contributed by atoms with Crippen LogP contribution >= 0.6 is 0 Å². The van der Waals surface area contributed by atoms with E-state index < -0.39 is 13.3 Å². The molecule has 0 unspecified atom stereocenters. The minimum absolute atomic E-state index is 0.652. The van der Waals surface area contributed by atoms with Gasteiger partial charge in [-0.15, -0.1) is 0 Å². The zero-order chi connectivity index (χ0) is 17.3. The Labute approximate surface area is 147 Å². The van der Waals surface area contributed by atoms with Crippen molar-refractivity contribution in [2.24, 2.45) is 5.92 Å². The zero-order valence-corrected chi connectivity index (χ0v) is 17.4. The molecule has 3 aromatic rings. The van der Waals surface area contributed by atoms with Gasteiger partial charge in [-0.25, -0.2) is 0 Å². The second kappa shape index (κ2) is 6.68. The van der Waals surface area contributed by atoms with Gasteiger partial charge < -0.3 is 0 Å². The van der Waals surface area contributed by atoms with E-state index in [1.54, 1.807) is 6.33 Å². The summed E-state index contributed by atoms with van der Waals surface area (Å²) in [6.45, 7) is 4.49. The van der Waals surface area contributed by atoms with Gasteiger partial charge in [0.25, 0.3) is 0 Å². The van der Waals surface area contributed by atoms with E-state index in [1.807, 2.05) is 0 Å². The normalized spacial score (nSPS) is 12.1. The van der Waals surface area contributed by atoms with Crippen LogP contribution in [0.5, 0.6) is 0 Å². The molecule has 0 atom stereocenters. The Morgan fingerprint density at radius 3 is 2.25 bits per heavy atom. The first kappa shape index (κ1) is 17.2. The molecule has 124 valence electrons. The van der Waals surface area contributed by atoms with Gasteiger partial charge in [0.05, 0.1) is 0 Å². The molecule has 0 aliphatic carbocycles. The van der Waals surface area contributed by atoms with Gasteiger partial charge in [0.15, 0.2) is 0 Å². The first-order valence-electron chi connectivity index (χ1n) is 8.69. The van der Waals surface area contributed by atoms with Crippen molar-refractivity contribution in [1.82, 2.24) is 9.97 Å². The molecule has 24 heavy (non-hydrogen) atoms. The first-order valence-corrected chi connectivity index (χ1v) is 16.0. The van der Waals surface area contributed by atoms with Crippen LogP contribution in [0.2, 0.25) is 17.3 Å². The Bertz CT molecular complexity index is 846. The van der Waals surface area contributed by atoms with E-state index in [4.69, 9.17) is 0 Å². The second-order valence-corrected chi connectivity index (χ2v) is 18.7. The molecule has 3 rings (SSSR count). The molecular weight excluding hydrogens is 353 g/mol. The molecular formula is C21H26GeN2. The van der Waals surface area contributed by atoms with Crippen LogP contribution in [0, 0.1) is 5.92 Å². The average Bonchev–Trinajstić information content (AvgIpc) is 2.53. The van der Waals surface area contributed by atoms with Crippen LogP contribution in [0.4, 0.5) is 0 Å². The third kappa shape index (κ3) is 3.69. The zero-order valence-electron chi connectivity index (χ0n) is 15.3. The molecule has 3 heteroatoms. The van der Waals surface area contributed by atoms with Crippen molar-refractivity contribution in [3.63, 3.8) is 0 Å². The van der Waals surface area contributed by atoms with Gasteiger partial charge in [0.2, 0.25) is 0 Å². The van der Waals surface area contributed by atoms with Crippen molar-refractivity contribution < 1.29 is 0 Å². The van der Waals surface area contributed by atoms with E-state index in [0.29, 0.717) is 5.92 Å². The van der Waals surface area contributed by atoms with Crippen molar-refractivity contribution in [1.29, 1.82) is 0 Å². The summed E-state index contributed by atoms with van der Waals surface area (Å²) in [6, 6.07) is 15.6. The van der Waals surface area contributed by atoms with Gasteiger partial charge in [-0.1, -0.05) is 0 Å². The van der Waals surface area contributed by atoms with Gasteiger partial charge in [-0.05, 0) is 0 Å². The van der Waals surface area contributed by atoms with Crippen LogP contribution in [-0.4, -0.2) is 23.2 Å². The van der Waals surface area contributed by atoms with Crippen LogP contribution in [-0.2, 0) is 6.42 Å². The summed E-state index contributed by atoms with van der Waals surface area (Å²) in [5.41, 5.74) is 4.59. The van der Waals surface area contributed by atoms with Crippen molar-refractivity contribution >= 4 is 28.6 Å². The summed E-state index contributed by atoms with van der Waals surface area (Å²) in [5, 5.41) is 1.13. The molecule has 0 aliphatic heterocycles. The molecule has 1 heterocycles. The number of hydrogen-bond donors (Lipinski definition) is 0. The van der Waals surface area contributed by atoms with Crippen molar-refractivity contribution in [3.05, 3.63) is 54.4 Å². The fourth-order valence-electron chi connectivity index (χ4n) is 3.06. The molecule has 0 amide bonds. The number of fused-ring (bicyclic) bond motifs is 1. The average molecular weight is 379 g/mol. The second-order valence-electron chi connectivity index (χ2n) is 8.00.